The van der Waals surface area contributed by atoms with Crippen LogP contribution in [0.25, 0.3) is 6.08 Å². The van der Waals surface area contributed by atoms with Crippen molar-refractivity contribution in [1.82, 2.24) is 0 Å². The Labute approximate surface area is 152 Å². The summed E-state index contributed by atoms with van der Waals surface area (Å²) in [7, 11) is 0. The van der Waals surface area contributed by atoms with Gasteiger partial charge >= 0.3 is 5.97 Å². The fraction of sp³-hybridized carbons (Fsp3) is 0.500. The van der Waals surface area contributed by atoms with Crippen LogP contribution >= 0.6 is 0 Å². The highest BCUT2D eigenvalue weighted by Gasteiger charge is 2.12. The van der Waals surface area contributed by atoms with Crippen LogP contribution in [-0.4, -0.2) is 16.2 Å². The average Bonchev–Trinajstić information content (AvgIpc) is 2.58. The molecule has 138 valence electrons. The minimum absolute atomic E-state index is 0.0499. The van der Waals surface area contributed by atoms with E-state index in [0.717, 1.165) is 6.42 Å². The molecule has 3 nitrogen and oxygen atoms in total. The number of aromatic hydroxyl groups is 1. The number of carboxylic acid groups (broad SMARTS) is 1. The number of rotatable bonds is 13. The van der Waals surface area contributed by atoms with Gasteiger partial charge in [-0.2, -0.15) is 0 Å². The summed E-state index contributed by atoms with van der Waals surface area (Å²) in [6.45, 7) is 2.25. The molecule has 25 heavy (non-hydrogen) atoms. The van der Waals surface area contributed by atoms with Crippen molar-refractivity contribution in [2.45, 2.75) is 71.1 Å². The fourth-order valence-electron chi connectivity index (χ4n) is 2.84. The molecule has 0 aliphatic rings. The molecular weight excluding hydrogens is 312 g/mol. The smallest absolute Gasteiger partial charge is 0.340 e. The molecule has 0 aromatic heterocycles. The Morgan fingerprint density at radius 3 is 2.24 bits per heavy atom. The molecule has 0 spiro atoms. The van der Waals surface area contributed by atoms with E-state index in [1.54, 1.807) is 18.2 Å². The van der Waals surface area contributed by atoms with E-state index < -0.39 is 5.97 Å². The molecular formula is C22H32O3. The van der Waals surface area contributed by atoms with Crippen molar-refractivity contribution in [3.63, 3.8) is 0 Å². The molecule has 0 radical (unpaired) electrons. The highest BCUT2D eigenvalue weighted by Crippen LogP contribution is 2.22. The van der Waals surface area contributed by atoms with Gasteiger partial charge in [-0.25, -0.2) is 4.79 Å². The van der Waals surface area contributed by atoms with Gasteiger partial charge in [0.15, 0.2) is 0 Å². The van der Waals surface area contributed by atoms with Crippen LogP contribution in [0.15, 0.2) is 36.4 Å². The van der Waals surface area contributed by atoms with Gasteiger partial charge in [0.05, 0.1) is 0 Å². The lowest BCUT2D eigenvalue weighted by atomic mass is 10.1. The summed E-state index contributed by atoms with van der Waals surface area (Å²) in [6, 6.07) is 4.72. The maximum absolute atomic E-state index is 11.2. The first-order valence-electron chi connectivity index (χ1n) is 9.55. The fourth-order valence-corrected chi connectivity index (χ4v) is 2.84. The molecule has 1 aromatic carbocycles. The first-order valence-corrected chi connectivity index (χ1v) is 9.55. The molecule has 0 fully saturated rings. The third kappa shape index (κ3) is 9.13. The minimum atomic E-state index is -1.11. The second kappa shape index (κ2) is 13.3. The molecule has 0 amide bonds. The first-order chi connectivity index (χ1) is 12.2. The standard InChI is InChI=1S/C22H32O3/c1-2-3-4-5-6-7-8-9-10-11-12-13-14-16-19-17-15-18-20(23)21(19)22(24)25/h12-18,23H,2-11H2,1H3,(H,24,25)/b13-12+,16-14+. The van der Waals surface area contributed by atoms with Crippen molar-refractivity contribution in [3.05, 3.63) is 47.6 Å². The summed E-state index contributed by atoms with van der Waals surface area (Å²) in [5, 5.41) is 18.8. The van der Waals surface area contributed by atoms with E-state index >= 15 is 0 Å². The Hall–Kier alpha value is -2.03. The minimum Gasteiger partial charge on any atom is -0.507 e. The Kier molecular flexibility index (Phi) is 11.2. The van der Waals surface area contributed by atoms with Crippen LogP contribution in [0.3, 0.4) is 0 Å². The monoisotopic (exact) mass is 344 g/mol. The maximum atomic E-state index is 11.2. The highest BCUT2D eigenvalue weighted by molar-refractivity contribution is 5.95. The van der Waals surface area contributed by atoms with Crippen molar-refractivity contribution >= 4 is 12.0 Å². The number of allylic oxidation sites excluding steroid dienone is 3. The van der Waals surface area contributed by atoms with E-state index in [4.69, 9.17) is 5.11 Å². The molecule has 0 unspecified atom stereocenters. The van der Waals surface area contributed by atoms with Crippen molar-refractivity contribution in [2.75, 3.05) is 0 Å². The van der Waals surface area contributed by atoms with Gasteiger partial charge in [-0.15, -0.1) is 0 Å². The Bertz CT molecular complexity index is 558. The highest BCUT2D eigenvalue weighted by atomic mass is 16.4. The molecule has 3 heteroatoms. The predicted octanol–water partition coefficient (Wildman–Crippen LogP) is 6.58. The second-order valence-corrected chi connectivity index (χ2v) is 6.45. The van der Waals surface area contributed by atoms with Crippen LogP contribution in [-0.2, 0) is 0 Å². The number of unbranched alkanes of at least 4 members (excludes halogenated alkanes) is 9. The van der Waals surface area contributed by atoms with Crippen LogP contribution < -0.4 is 0 Å². The molecule has 1 aromatic rings. The summed E-state index contributed by atoms with van der Waals surface area (Å²) in [6.07, 6.45) is 20.6. The predicted molar refractivity (Wildman–Crippen MR) is 105 cm³/mol. The van der Waals surface area contributed by atoms with E-state index in [2.05, 4.69) is 13.0 Å². The summed E-state index contributed by atoms with van der Waals surface area (Å²) >= 11 is 0. The largest absolute Gasteiger partial charge is 0.507 e. The van der Waals surface area contributed by atoms with Gasteiger partial charge in [0, 0.05) is 0 Å². The van der Waals surface area contributed by atoms with Gasteiger partial charge in [0.1, 0.15) is 11.3 Å². The van der Waals surface area contributed by atoms with Gasteiger partial charge in [0.2, 0.25) is 0 Å². The molecule has 0 atom stereocenters. The SMILES string of the molecule is CCCCCCCCCCC/C=C/C=C/c1cccc(O)c1C(=O)O. The quantitative estimate of drug-likeness (QED) is 0.314. The van der Waals surface area contributed by atoms with Crippen molar-refractivity contribution in [1.29, 1.82) is 0 Å². The normalized spacial score (nSPS) is 11.6. The summed E-state index contributed by atoms with van der Waals surface area (Å²) < 4.78 is 0. The van der Waals surface area contributed by atoms with E-state index in [9.17, 15) is 9.90 Å². The third-order valence-electron chi connectivity index (χ3n) is 4.29. The number of hydrogen-bond acceptors (Lipinski definition) is 2. The van der Waals surface area contributed by atoms with Gasteiger partial charge < -0.3 is 10.2 Å². The Morgan fingerprint density at radius 1 is 0.960 bits per heavy atom. The Morgan fingerprint density at radius 2 is 1.60 bits per heavy atom. The third-order valence-corrected chi connectivity index (χ3v) is 4.29. The number of carbonyl (C=O) groups is 1. The van der Waals surface area contributed by atoms with Crippen LogP contribution in [0, 0.1) is 0 Å². The van der Waals surface area contributed by atoms with E-state index in [-0.39, 0.29) is 11.3 Å². The molecule has 1 rings (SSSR count). The molecule has 0 saturated heterocycles. The lowest BCUT2D eigenvalue weighted by Crippen LogP contribution is -1.99. The lowest BCUT2D eigenvalue weighted by Gasteiger charge is -2.02. The zero-order chi connectivity index (χ0) is 18.3. The zero-order valence-electron chi connectivity index (χ0n) is 15.4. The topological polar surface area (TPSA) is 57.5 Å². The number of hydrogen-bond donors (Lipinski definition) is 2. The first kappa shape index (κ1) is 21.0. The molecule has 0 aliphatic heterocycles. The van der Waals surface area contributed by atoms with Gasteiger partial charge in [-0.1, -0.05) is 94.7 Å². The van der Waals surface area contributed by atoms with Crippen LogP contribution in [0.1, 0.15) is 87.1 Å². The molecule has 2 N–H and O–H groups in total. The molecule has 0 bridgehead atoms. The molecule has 0 saturated carbocycles. The summed E-state index contributed by atoms with van der Waals surface area (Å²) in [5.41, 5.74) is 0.464. The van der Waals surface area contributed by atoms with Crippen LogP contribution in [0.2, 0.25) is 0 Å². The van der Waals surface area contributed by atoms with E-state index in [0.29, 0.717) is 5.56 Å². The molecule has 0 heterocycles. The van der Waals surface area contributed by atoms with E-state index in [1.165, 1.54) is 63.9 Å². The summed E-state index contributed by atoms with van der Waals surface area (Å²) in [4.78, 5) is 11.2. The second-order valence-electron chi connectivity index (χ2n) is 6.45. The van der Waals surface area contributed by atoms with Gasteiger partial charge in [0.25, 0.3) is 0 Å². The number of carboxylic acids is 1. The average molecular weight is 344 g/mol. The number of benzene rings is 1. The maximum Gasteiger partial charge on any atom is 0.340 e. The number of phenols is 1. The van der Waals surface area contributed by atoms with Gasteiger partial charge in [-0.05, 0) is 24.5 Å². The number of aromatic carboxylic acids is 1. The lowest BCUT2D eigenvalue weighted by molar-refractivity contribution is 0.0693. The van der Waals surface area contributed by atoms with Crippen molar-refractivity contribution in [3.8, 4) is 5.75 Å². The summed E-state index contributed by atoms with van der Waals surface area (Å²) in [5.74, 6) is -1.32. The van der Waals surface area contributed by atoms with Crippen LogP contribution in [0.4, 0.5) is 0 Å². The van der Waals surface area contributed by atoms with Crippen molar-refractivity contribution < 1.29 is 15.0 Å². The zero-order valence-corrected chi connectivity index (χ0v) is 15.4. The molecule has 0 aliphatic carbocycles. The van der Waals surface area contributed by atoms with E-state index in [1.807, 2.05) is 12.2 Å². The van der Waals surface area contributed by atoms with Crippen molar-refractivity contribution in [2.24, 2.45) is 0 Å². The van der Waals surface area contributed by atoms with Gasteiger partial charge in [-0.3, -0.25) is 0 Å². The Balaban J connectivity index is 2.19. The van der Waals surface area contributed by atoms with Crippen LogP contribution in [0.5, 0.6) is 5.75 Å².